The number of hydrogen-bond acceptors (Lipinski definition) is 3. The van der Waals surface area contributed by atoms with E-state index in [-0.39, 0.29) is 21.8 Å². The first-order valence-electron chi connectivity index (χ1n) is 6.50. The Hall–Kier alpha value is -2.07. The fourth-order valence-corrected chi connectivity index (χ4v) is 2.31. The van der Waals surface area contributed by atoms with Crippen molar-refractivity contribution in [3.05, 3.63) is 46.5 Å². The number of rotatable bonds is 2. The summed E-state index contributed by atoms with van der Waals surface area (Å²) in [6, 6.07) is 9.42. The van der Waals surface area contributed by atoms with E-state index in [0.29, 0.717) is 5.69 Å². The number of benzene rings is 1. The third kappa shape index (κ3) is 3.16. The fraction of sp³-hybridized carbons (Fsp3) is 0.250. The van der Waals surface area contributed by atoms with Crippen molar-refractivity contribution in [1.29, 1.82) is 0 Å². The number of nitrogen functional groups attached to an aromatic ring is 1. The summed E-state index contributed by atoms with van der Waals surface area (Å²) >= 11 is 5.98. The molecule has 0 aliphatic rings. The Bertz CT molecular complexity index is 665. The van der Waals surface area contributed by atoms with Crippen LogP contribution in [0.5, 0.6) is 0 Å². The highest BCUT2D eigenvalue weighted by Crippen LogP contribution is 2.29. The second-order valence-corrected chi connectivity index (χ2v) is 6.29. The molecule has 5 heteroatoms. The minimum Gasteiger partial charge on any atom is -0.478 e. The van der Waals surface area contributed by atoms with Crippen LogP contribution in [0.2, 0.25) is 5.02 Å². The number of carbonyl (C=O) groups is 1. The number of carboxylic acid groups (broad SMARTS) is 1. The average Bonchev–Trinajstić information content (AvgIpc) is 2.36. The Balaban J connectivity index is 2.46. The molecule has 3 N–H and O–H groups in total. The van der Waals surface area contributed by atoms with Gasteiger partial charge in [-0.3, -0.25) is 0 Å². The standard InChI is InChI=1S/C16H17ClN2O2/c1-16(2,3)10-6-4-9(5-7-10)12-8-11(17)13(15(20)21)14(18)19-12/h4-8H,1-3H3,(H2,18,19)(H,20,21). The molecule has 0 unspecified atom stereocenters. The van der Waals surface area contributed by atoms with Gasteiger partial charge in [0.15, 0.2) is 0 Å². The highest BCUT2D eigenvalue weighted by Gasteiger charge is 2.17. The van der Waals surface area contributed by atoms with Gasteiger partial charge in [-0.1, -0.05) is 56.6 Å². The molecular weight excluding hydrogens is 288 g/mol. The van der Waals surface area contributed by atoms with Crippen molar-refractivity contribution in [3.63, 3.8) is 0 Å². The molecule has 0 fully saturated rings. The summed E-state index contributed by atoms with van der Waals surface area (Å²) in [7, 11) is 0. The van der Waals surface area contributed by atoms with E-state index in [2.05, 4.69) is 25.8 Å². The zero-order chi connectivity index (χ0) is 15.8. The molecule has 0 amide bonds. The Morgan fingerprint density at radius 3 is 2.24 bits per heavy atom. The van der Waals surface area contributed by atoms with Crippen LogP contribution in [-0.4, -0.2) is 16.1 Å². The number of halogens is 1. The van der Waals surface area contributed by atoms with Crippen LogP contribution in [0.4, 0.5) is 5.82 Å². The first-order chi connectivity index (χ1) is 9.70. The SMILES string of the molecule is CC(C)(C)c1ccc(-c2cc(Cl)c(C(=O)O)c(N)n2)cc1. The molecule has 1 heterocycles. The number of anilines is 1. The van der Waals surface area contributed by atoms with Gasteiger partial charge in [-0.25, -0.2) is 9.78 Å². The largest absolute Gasteiger partial charge is 0.478 e. The van der Waals surface area contributed by atoms with Crippen LogP contribution in [0.25, 0.3) is 11.3 Å². The molecule has 0 saturated carbocycles. The van der Waals surface area contributed by atoms with Gasteiger partial charge in [0.05, 0.1) is 10.7 Å². The smallest absolute Gasteiger partial charge is 0.341 e. The lowest BCUT2D eigenvalue weighted by molar-refractivity contribution is 0.0698. The van der Waals surface area contributed by atoms with Crippen molar-refractivity contribution in [2.45, 2.75) is 26.2 Å². The summed E-state index contributed by atoms with van der Waals surface area (Å²) in [6.07, 6.45) is 0. The summed E-state index contributed by atoms with van der Waals surface area (Å²) in [5, 5.41) is 9.12. The molecule has 0 aliphatic carbocycles. The Morgan fingerprint density at radius 2 is 1.81 bits per heavy atom. The van der Waals surface area contributed by atoms with Gasteiger partial charge in [0.1, 0.15) is 11.4 Å². The minimum absolute atomic E-state index is 0.0653. The average molecular weight is 305 g/mol. The summed E-state index contributed by atoms with van der Waals surface area (Å²) in [4.78, 5) is 15.2. The molecule has 0 saturated heterocycles. The van der Waals surface area contributed by atoms with Gasteiger partial charge in [-0.15, -0.1) is 0 Å². The van der Waals surface area contributed by atoms with E-state index < -0.39 is 5.97 Å². The maximum atomic E-state index is 11.0. The number of pyridine rings is 1. The van der Waals surface area contributed by atoms with E-state index in [1.54, 1.807) is 0 Å². The van der Waals surface area contributed by atoms with Crippen LogP contribution in [0.3, 0.4) is 0 Å². The molecule has 1 aromatic heterocycles. The van der Waals surface area contributed by atoms with E-state index in [4.69, 9.17) is 22.4 Å². The van der Waals surface area contributed by atoms with Gasteiger partial charge in [-0.05, 0) is 17.0 Å². The van der Waals surface area contributed by atoms with Crippen molar-refractivity contribution < 1.29 is 9.90 Å². The lowest BCUT2D eigenvalue weighted by atomic mass is 9.86. The second-order valence-electron chi connectivity index (χ2n) is 5.88. The lowest BCUT2D eigenvalue weighted by Crippen LogP contribution is -2.10. The fourth-order valence-electron chi connectivity index (χ4n) is 2.03. The maximum Gasteiger partial charge on any atom is 0.341 e. The predicted molar refractivity (Wildman–Crippen MR) is 84.8 cm³/mol. The second kappa shape index (κ2) is 5.37. The van der Waals surface area contributed by atoms with E-state index >= 15 is 0 Å². The third-order valence-corrected chi connectivity index (χ3v) is 3.56. The lowest BCUT2D eigenvalue weighted by Gasteiger charge is -2.19. The first-order valence-corrected chi connectivity index (χ1v) is 6.88. The predicted octanol–water partition coefficient (Wildman–Crippen LogP) is 3.98. The van der Waals surface area contributed by atoms with Crippen LogP contribution >= 0.6 is 11.6 Å². The molecule has 0 radical (unpaired) electrons. The summed E-state index contributed by atoms with van der Waals surface area (Å²) in [5.41, 5.74) is 8.19. The zero-order valence-corrected chi connectivity index (χ0v) is 12.9. The molecule has 21 heavy (non-hydrogen) atoms. The highest BCUT2D eigenvalue weighted by atomic mass is 35.5. The quantitative estimate of drug-likeness (QED) is 0.880. The summed E-state index contributed by atoms with van der Waals surface area (Å²) in [6.45, 7) is 6.41. The van der Waals surface area contributed by atoms with Crippen molar-refractivity contribution in [2.75, 3.05) is 5.73 Å². The molecule has 2 aromatic rings. The van der Waals surface area contributed by atoms with Gasteiger partial charge in [0.25, 0.3) is 0 Å². The highest BCUT2D eigenvalue weighted by molar-refractivity contribution is 6.34. The minimum atomic E-state index is -1.18. The Labute approximate surface area is 128 Å². The van der Waals surface area contributed by atoms with Crippen molar-refractivity contribution in [2.24, 2.45) is 0 Å². The number of carboxylic acids is 1. The molecule has 4 nitrogen and oxygen atoms in total. The number of aromatic carboxylic acids is 1. The maximum absolute atomic E-state index is 11.0. The topological polar surface area (TPSA) is 76.2 Å². The summed E-state index contributed by atoms with van der Waals surface area (Å²) in [5.74, 6) is -1.26. The molecule has 0 atom stereocenters. The Kier molecular flexibility index (Phi) is 3.92. The van der Waals surface area contributed by atoms with Crippen molar-refractivity contribution in [1.82, 2.24) is 4.98 Å². The van der Waals surface area contributed by atoms with Crippen LogP contribution in [0.15, 0.2) is 30.3 Å². The van der Waals surface area contributed by atoms with Crippen LogP contribution in [-0.2, 0) is 5.41 Å². The molecule has 1 aromatic carbocycles. The third-order valence-electron chi connectivity index (χ3n) is 3.26. The van der Waals surface area contributed by atoms with Crippen molar-refractivity contribution in [3.8, 4) is 11.3 Å². The van der Waals surface area contributed by atoms with E-state index in [0.717, 1.165) is 5.56 Å². The molecule has 0 aliphatic heterocycles. The molecular formula is C16H17ClN2O2. The monoisotopic (exact) mass is 304 g/mol. The van der Waals surface area contributed by atoms with Gasteiger partial charge < -0.3 is 10.8 Å². The van der Waals surface area contributed by atoms with E-state index in [9.17, 15) is 4.79 Å². The van der Waals surface area contributed by atoms with Crippen LogP contribution in [0.1, 0.15) is 36.7 Å². The summed E-state index contributed by atoms with van der Waals surface area (Å²) < 4.78 is 0. The first kappa shape index (κ1) is 15.3. The van der Waals surface area contributed by atoms with Gasteiger partial charge in [0, 0.05) is 5.56 Å². The van der Waals surface area contributed by atoms with E-state index in [1.165, 1.54) is 11.6 Å². The van der Waals surface area contributed by atoms with Gasteiger partial charge >= 0.3 is 5.97 Å². The zero-order valence-electron chi connectivity index (χ0n) is 12.1. The van der Waals surface area contributed by atoms with Crippen LogP contribution in [0, 0.1) is 0 Å². The van der Waals surface area contributed by atoms with Gasteiger partial charge in [0.2, 0.25) is 0 Å². The van der Waals surface area contributed by atoms with Gasteiger partial charge in [-0.2, -0.15) is 0 Å². The van der Waals surface area contributed by atoms with Crippen LogP contribution < -0.4 is 5.73 Å². The number of nitrogens with zero attached hydrogens (tertiary/aromatic N) is 1. The molecule has 110 valence electrons. The molecule has 0 spiro atoms. The number of hydrogen-bond donors (Lipinski definition) is 2. The Morgan fingerprint density at radius 1 is 1.24 bits per heavy atom. The number of aromatic nitrogens is 1. The molecule has 2 rings (SSSR count). The normalized spacial score (nSPS) is 11.4. The van der Waals surface area contributed by atoms with Crippen molar-refractivity contribution >= 4 is 23.4 Å². The van der Waals surface area contributed by atoms with E-state index in [1.807, 2.05) is 24.3 Å². The molecule has 0 bridgehead atoms. The number of nitrogens with two attached hydrogens (primary N) is 1.